The zero-order valence-corrected chi connectivity index (χ0v) is 25.8. The number of nitrogens with zero attached hydrogens (tertiary/aromatic N) is 1. The molecule has 0 N–H and O–H groups in total. The van der Waals surface area contributed by atoms with Gasteiger partial charge in [-0.15, -0.1) is 11.3 Å². The first-order chi connectivity index (χ1) is 18.9. The average Bonchev–Trinajstić information content (AvgIpc) is 3.26. The predicted octanol–water partition coefficient (Wildman–Crippen LogP) is 10.4. The predicted molar refractivity (Wildman–Crippen MR) is 172 cm³/mol. The maximum absolute atomic E-state index is 7.21. The minimum Gasteiger partial charge on any atom is -0.455 e. The Bertz CT molecular complexity index is 2010. The molecule has 0 radical (unpaired) electrons. The van der Waals surface area contributed by atoms with Gasteiger partial charge in [0.1, 0.15) is 18.5 Å². The van der Waals surface area contributed by atoms with Crippen LogP contribution in [0.15, 0.2) is 60.8 Å². The number of fused-ring (bicyclic) bond motifs is 7. The van der Waals surface area contributed by atoms with Crippen LogP contribution in [-0.2, 0) is 19.9 Å². The molecule has 0 unspecified atom stereocenters. The summed E-state index contributed by atoms with van der Waals surface area (Å²) in [7, 11) is 2.18. The van der Waals surface area contributed by atoms with E-state index in [2.05, 4.69) is 121 Å². The molecule has 0 saturated heterocycles. The quantitative estimate of drug-likeness (QED) is 0.156. The van der Waals surface area contributed by atoms with Gasteiger partial charge in [-0.1, -0.05) is 77.9 Å². The van der Waals surface area contributed by atoms with Gasteiger partial charge in [-0.3, -0.25) is 0 Å². The second kappa shape index (κ2) is 8.54. The highest BCUT2D eigenvalue weighted by Crippen LogP contribution is 2.55. The summed E-state index contributed by atoms with van der Waals surface area (Å²) in [5, 5.41) is 7.64. The fourth-order valence-corrected chi connectivity index (χ4v) is 8.06. The molecule has 2 nitrogen and oxygen atoms in total. The Morgan fingerprint density at radius 1 is 0.775 bits per heavy atom. The number of pyridine rings is 1. The summed E-state index contributed by atoms with van der Waals surface area (Å²) in [4.78, 5) is 0. The molecule has 4 aromatic carbocycles. The van der Waals surface area contributed by atoms with E-state index in [1.807, 2.05) is 11.3 Å². The van der Waals surface area contributed by atoms with Crippen LogP contribution in [0.3, 0.4) is 0 Å². The van der Waals surface area contributed by atoms with Gasteiger partial charge >= 0.3 is 0 Å². The summed E-state index contributed by atoms with van der Waals surface area (Å²) >= 11 is 1.92. The van der Waals surface area contributed by atoms with Crippen LogP contribution in [0.4, 0.5) is 0 Å². The molecule has 2 aromatic heterocycles. The lowest BCUT2D eigenvalue weighted by molar-refractivity contribution is -0.659. The molecule has 3 heterocycles. The van der Waals surface area contributed by atoms with Gasteiger partial charge in [-0.2, -0.15) is 0 Å². The molecule has 202 valence electrons. The molecule has 0 fully saturated rings. The second-order valence-corrected chi connectivity index (χ2v) is 15.2. The number of rotatable bonds is 2. The zero-order valence-electron chi connectivity index (χ0n) is 25.0. The van der Waals surface area contributed by atoms with E-state index >= 15 is 0 Å². The number of hydrogen-bond donors (Lipinski definition) is 0. The number of ether oxygens (including phenoxy) is 1. The highest BCUT2D eigenvalue weighted by molar-refractivity contribution is 7.26. The van der Waals surface area contributed by atoms with Gasteiger partial charge in [-0.05, 0) is 64.6 Å². The first-order valence-electron chi connectivity index (χ1n) is 14.4. The van der Waals surface area contributed by atoms with E-state index in [1.165, 1.54) is 69.7 Å². The van der Waals surface area contributed by atoms with E-state index in [0.717, 1.165) is 24.3 Å². The van der Waals surface area contributed by atoms with Crippen molar-refractivity contribution in [3.63, 3.8) is 0 Å². The fraction of sp³-hybridized carbons (Fsp3) is 0.324. The third-order valence-electron chi connectivity index (χ3n) is 8.26. The molecule has 0 amide bonds. The molecule has 1 aliphatic heterocycles. The van der Waals surface area contributed by atoms with Crippen LogP contribution in [-0.4, -0.2) is 0 Å². The lowest BCUT2D eigenvalue weighted by Gasteiger charge is -2.28. The second-order valence-electron chi connectivity index (χ2n) is 14.2. The standard InChI is InChI=1S/C37H38NOS/c1-21-29-26-11-9-10-12-28(26)40-35(29)27(20-37(5,6)7)34-30(21)32-31-23(15-16-38(32)8)18-24-17-22(19-36(2,3)4)13-14-25(24)33(31)39-34/h9-18H,19-20H2,1-8H3/q+1. The van der Waals surface area contributed by atoms with Crippen molar-refractivity contribution >= 4 is 53.1 Å². The smallest absolute Gasteiger partial charge is 0.228 e. The van der Waals surface area contributed by atoms with Gasteiger partial charge in [0.15, 0.2) is 6.20 Å². The van der Waals surface area contributed by atoms with Crippen LogP contribution in [0.5, 0.6) is 11.5 Å². The van der Waals surface area contributed by atoms with E-state index in [4.69, 9.17) is 4.74 Å². The molecule has 3 heteroatoms. The van der Waals surface area contributed by atoms with Crippen LogP contribution in [0.2, 0.25) is 0 Å². The van der Waals surface area contributed by atoms with E-state index in [1.54, 1.807) is 0 Å². The van der Waals surface area contributed by atoms with Crippen LogP contribution in [0, 0.1) is 17.8 Å². The topological polar surface area (TPSA) is 13.1 Å². The summed E-state index contributed by atoms with van der Waals surface area (Å²) in [5.74, 6) is 2.05. The minimum absolute atomic E-state index is 0.116. The maximum atomic E-state index is 7.21. The zero-order chi connectivity index (χ0) is 28.1. The van der Waals surface area contributed by atoms with E-state index < -0.39 is 0 Å². The van der Waals surface area contributed by atoms with Crippen molar-refractivity contribution in [1.29, 1.82) is 0 Å². The Kier molecular flexibility index (Phi) is 5.45. The highest BCUT2D eigenvalue weighted by atomic mass is 32.1. The average molecular weight is 545 g/mol. The van der Waals surface area contributed by atoms with Crippen LogP contribution in [0.25, 0.3) is 53.0 Å². The first kappa shape index (κ1) is 25.5. The molecule has 1 aliphatic rings. The van der Waals surface area contributed by atoms with E-state index in [-0.39, 0.29) is 10.8 Å². The minimum atomic E-state index is 0.116. The Hall–Kier alpha value is -3.43. The summed E-state index contributed by atoms with van der Waals surface area (Å²) < 4.78 is 12.2. The molecule has 6 aromatic rings. The van der Waals surface area contributed by atoms with Crippen molar-refractivity contribution in [2.75, 3.05) is 0 Å². The third-order valence-corrected chi connectivity index (χ3v) is 9.49. The lowest BCUT2D eigenvalue weighted by Crippen LogP contribution is -2.32. The van der Waals surface area contributed by atoms with Crippen molar-refractivity contribution in [1.82, 2.24) is 0 Å². The van der Waals surface area contributed by atoms with Gasteiger partial charge in [0.2, 0.25) is 5.69 Å². The Labute approximate surface area is 241 Å². The summed E-state index contributed by atoms with van der Waals surface area (Å²) in [6, 6.07) is 20.5. The van der Waals surface area contributed by atoms with Gasteiger partial charge < -0.3 is 4.74 Å². The summed E-state index contributed by atoms with van der Waals surface area (Å²) in [6.07, 6.45) is 4.22. The fourth-order valence-electron chi connectivity index (χ4n) is 6.76. The molecule has 0 saturated carbocycles. The van der Waals surface area contributed by atoms with Crippen molar-refractivity contribution in [2.45, 2.75) is 61.3 Å². The molecule has 40 heavy (non-hydrogen) atoms. The summed E-state index contributed by atoms with van der Waals surface area (Å²) in [6.45, 7) is 16.2. The SMILES string of the molecule is Cc1c2c(c(CC(C)(C)C)c3sc4ccccc4c13)Oc1c3ccc(CC(C)(C)C)cc3cc3cc[n+](C)c-2c13. The van der Waals surface area contributed by atoms with Crippen molar-refractivity contribution in [2.24, 2.45) is 17.9 Å². The largest absolute Gasteiger partial charge is 0.455 e. The van der Waals surface area contributed by atoms with Crippen LogP contribution in [0.1, 0.15) is 58.2 Å². The van der Waals surface area contributed by atoms with Crippen molar-refractivity contribution in [3.8, 4) is 22.8 Å². The monoisotopic (exact) mass is 544 g/mol. The first-order valence-corrected chi connectivity index (χ1v) is 15.2. The number of aromatic nitrogens is 1. The van der Waals surface area contributed by atoms with Gasteiger partial charge in [0, 0.05) is 37.2 Å². The maximum Gasteiger partial charge on any atom is 0.228 e. The number of aryl methyl sites for hydroxylation is 2. The Balaban J connectivity index is 1.61. The van der Waals surface area contributed by atoms with E-state index in [9.17, 15) is 0 Å². The molecule has 0 aliphatic carbocycles. The lowest BCUT2D eigenvalue weighted by atomic mass is 9.83. The number of hydrogen-bond acceptors (Lipinski definition) is 2. The van der Waals surface area contributed by atoms with Gasteiger partial charge in [-0.25, -0.2) is 4.57 Å². The third kappa shape index (κ3) is 3.93. The normalized spacial score (nSPS) is 13.4. The van der Waals surface area contributed by atoms with Crippen molar-refractivity contribution < 1.29 is 9.30 Å². The Morgan fingerprint density at radius 3 is 2.27 bits per heavy atom. The molecule has 0 bridgehead atoms. The highest BCUT2D eigenvalue weighted by Gasteiger charge is 2.35. The van der Waals surface area contributed by atoms with Crippen LogP contribution >= 0.6 is 11.3 Å². The van der Waals surface area contributed by atoms with E-state index in [0.29, 0.717) is 0 Å². The molecular formula is C37H38NOS+. The molecule has 7 rings (SSSR count). The van der Waals surface area contributed by atoms with Crippen molar-refractivity contribution in [3.05, 3.63) is 77.5 Å². The number of benzene rings is 4. The van der Waals surface area contributed by atoms with Gasteiger partial charge in [0.05, 0.1) is 10.9 Å². The summed E-state index contributed by atoms with van der Waals surface area (Å²) in [5.41, 5.74) is 6.90. The molecule has 0 spiro atoms. The van der Waals surface area contributed by atoms with Gasteiger partial charge in [0.25, 0.3) is 0 Å². The molecular weight excluding hydrogens is 506 g/mol. The number of thiophene rings is 1. The molecule has 0 atom stereocenters. The Morgan fingerprint density at radius 2 is 1.52 bits per heavy atom. The van der Waals surface area contributed by atoms with Crippen LogP contribution < -0.4 is 9.30 Å².